The molecule has 1 aromatic carbocycles. The molecule has 1 aromatic rings. The van der Waals surface area contributed by atoms with Crippen molar-refractivity contribution in [3.05, 3.63) is 35.9 Å². The van der Waals surface area contributed by atoms with Crippen LogP contribution in [0.15, 0.2) is 30.3 Å². The predicted octanol–water partition coefficient (Wildman–Crippen LogP) is 7.32. The number of rotatable bonds is 16. The molecule has 1 rings (SSSR count). The summed E-state index contributed by atoms with van der Waals surface area (Å²) in [5, 5.41) is 0. The molecular weight excluding hydrogens is 438 g/mol. The van der Waals surface area contributed by atoms with E-state index in [-0.39, 0.29) is 5.48 Å². The van der Waals surface area contributed by atoms with Crippen molar-refractivity contribution in [1.82, 2.24) is 0 Å². The fourth-order valence-electron chi connectivity index (χ4n) is 4.29. The topological polar surface area (TPSA) is 30.0 Å². The molecule has 0 saturated carbocycles. The smallest absolute Gasteiger partial charge is 0.870 e. The molecule has 2 heteroatoms. The molecule has 1 N–H and O–H groups in total. The first-order valence-electron chi connectivity index (χ1n) is 11.6. The minimum Gasteiger partial charge on any atom is -0.870 e. The molecule has 0 fully saturated rings. The summed E-state index contributed by atoms with van der Waals surface area (Å²) in [6.07, 6.45) is 19.9. The number of unbranched alkanes of at least 4 members (excludes halogenated alkanes) is 7. The van der Waals surface area contributed by atoms with Crippen LogP contribution in [0.3, 0.4) is 0 Å². The molecule has 27 heavy (non-hydrogen) atoms. The fraction of sp³-hybridized carbons (Fsp3) is 0.760. The number of hydrogen-bond acceptors (Lipinski definition) is 1. The van der Waals surface area contributed by atoms with E-state index in [0.29, 0.717) is 3.36 Å². The van der Waals surface area contributed by atoms with Gasteiger partial charge in [0.15, 0.2) is 0 Å². The van der Waals surface area contributed by atoms with E-state index in [9.17, 15) is 0 Å². The van der Waals surface area contributed by atoms with E-state index in [1.807, 2.05) is 0 Å². The van der Waals surface area contributed by atoms with Crippen molar-refractivity contribution >= 4 is 23.0 Å². The van der Waals surface area contributed by atoms with Crippen LogP contribution in [0.5, 0.6) is 0 Å². The van der Waals surface area contributed by atoms with Crippen molar-refractivity contribution < 1.29 is 5.48 Å². The molecule has 0 aromatic heterocycles. The predicted molar refractivity (Wildman–Crippen MR) is 125 cm³/mol. The molecule has 0 spiro atoms. The number of hydrogen-bond donors (Lipinski definition) is 0. The van der Waals surface area contributed by atoms with Crippen LogP contribution < -0.4 is 0 Å². The molecule has 1 unspecified atom stereocenters. The normalized spacial score (nSPS) is 12.7. The first kappa shape index (κ1) is 27.0. The zero-order chi connectivity index (χ0) is 19.1. The Labute approximate surface area is 183 Å². The Hall–Kier alpha value is -0.00182. The largest absolute Gasteiger partial charge is 0.870 e. The molecule has 1 nitrogen and oxygen atoms in total. The third kappa shape index (κ3) is 11.6. The van der Waals surface area contributed by atoms with E-state index in [1.54, 1.807) is 5.56 Å². The summed E-state index contributed by atoms with van der Waals surface area (Å²) in [5.41, 5.74) is 1.57. The average Bonchev–Trinajstić information content (AvgIpc) is 2.67. The molecule has 0 amide bonds. The molecule has 0 saturated heterocycles. The molecule has 0 heterocycles. The van der Waals surface area contributed by atoms with E-state index in [2.05, 4.69) is 51.1 Å². The monoisotopic (exact) mass is 484 g/mol. The van der Waals surface area contributed by atoms with Crippen LogP contribution in [-0.4, -0.2) is 28.5 Å². The molecule has 0 aliphatic heterocycles. The van der Waals surface area contributed by atoms with E-state index in [1.165, 1.54) is 89.9 Å². The van der Waals surface area contributed by atoms with Gasteiger partial charge in [0.1, 0.15) is 0 Å². The first-order chi connectivity index (χ1) is 12.7. The fourth-order valence-corrected chi connectivity index (χ4v) is 6.71. The van der Waals surface area contributed by atoms with Crippen LogP contribution >= 0.6 is 0 Å². The first-order valence-corrected chi connectivity index (χ1v) is 13.6. The van der Waals surface area contributed by atoms with Gasteiger partial charge in [0, 0.05) is 0 Å². The van der Waals surface area contributed by atoms with Crippen LogP contribution in [0.25, 0.3) is 0 Å². The Kier molecular flexibility index (Phi) is 16.9. The second kappa shape index (κ2) is 16.9. The standard InChI is InChI=1S/C25H43.H2O.Sb.3H/c1-4-7-10-11-12-16-21-25(22-23-17-14-13-15-18-23)24(19-8-5-2)20-9-6-3;;;;;/h13-15,17-18,25H,4-12,16,19-22H2,1-3H3;1H2;;;;/q;;+1;;;/p-1. The van der Waals surface area contributed by atoms with Crippen LogP contribution in [0, 0.1) is 5.92 Å². The van der Waals surface area contributed by atoms with Gasteiger partial charge < -0.3 is 5.48 Å². The molecule has 0 bridgehead atoms. The zero-order valence-electron chi connectivity index (χ0n) is 18.5. The van der Waals surface area contributed by atoms with Crippen LogP contribution in [0.2, 0.25) is 3.36 Å². The van der Waals surface area contributed by atoms with Gasteiger partial charge in [-0.2, -0.15) is 0 Å². The van der Waals surface area contributed by atoms with Crippen LogP contribution in [0.4, 0.5) is 0 Å². The third-order valence-corrected chi connectivity index (χ3v) is 9.82. The van der Waals surface area contributed by atoms with Crippen molar-refractivity contribution in [2.75, 3.05) is 0 Å². The van der Waals surface area contributed by atoms with Crippen molar-refractivity contribution in [3.8, 4) is 0 Å². The summed E-state index contributed by atoms with van der Waals surface area (Å²) in [7, 11) is 0. The van der Waals surface area contributed by atoms with E-state index in [4.69, 9.17) is 0 Å². The second-order valence-corrected chi connectivity index (χ2v) is 12.5. The Morgan fingerprint density at radius 1 is 0.741 bits per heavy atom. The maximum absolute atomic E-state index is 2.37. The quantitative estimate of drug-likeness (QED) is 0.178. The second-order valence-electron chi connectivity index (χ2n) is 8.51. The van der Waals surface area contributed by atoms with Gasteiger partial charge in [-0.15, -0.1) is 0 Å². The van der Waals surface area contributed by atoms with E-state index < -0.39 is 0 Å². The molecule has 0 aliphatic carbocycles. The van der Waals surface area contributed by atoms with Crippen molar-refractivity contribution in [2.45, 2.75) is 114 Å². The van der Waals surface area contributed by atoms with Gasteiger partial charge in [0.2, 0.25) is 0 Å². The minimum atomic E-state index is 0. The Morgan fingerprint density at radius 3 is 1.81 bits per heavy atom. The van der Waals surface area contributed by atoms with Crippen LogP contribution in [-0.2, 0) is 6.42 Å². The Morgan fingerprint density at radius 2 is 1.26 bits per heavy atom. The summed E-state index contributed by atoms with van der Waals surface area (Å²) in [5.74, 6) is 0.917. The summed E-state index contributed by atoms with van der Waals surface area (Å²) in [6, 6.07) is 11.3. The van der Waals surface area contributed by atoms with Gasteiger partial charge in [0.25, 0.3) is 0 Å². The van der Waals surface area contributed by atoms with Gasteiger partial charge in [-0.05, 0) is 0 Å². The maximum Gasteiger partial charge on any atom is -0.870 e. The maximum atomic E-state index is 2.37. The zero-order valence-corrected chi connectivity index (χ0v) is 22.6. The van der Waals surface area contributed by atoms with Crippen molar-refractivity contribution in [2.24, 2.45) is 5.92 Å². The van der Waals surface area contributed by atoms with Crippen molar-refractivity contribution in [3.63, 3.8) is 0 Å². The minimum absolute atomic E-state index is 0. The van der Waals surface area contributed by atoms with E-state index in [0.717, 1.165) is 28.9 Å². The van der Waals surface area contributed by atoms with Gasteiger partial charge in [0.05, 0.1) is 0 Å². The SMILES string of the molecule is CCCCCCCCC(Cc1ccccc1)[C]([SbH3+])(CCCC)CCCC.[OH-]. The summed E-state index contributed by atoms with van der Waals surface area (Å²) >= 11 is 1.08. The molecule has 158 valence electrons. The van der Waals surface area contributed by atoms with Gasteiger partial charge in [-0.25, -0.2) is 0 Å². The van der Waals surface area contributed by atoms with Crippen molar-refractivity contribution in [1.29, 1.82) is 0 Å². The van der Waals surface area contributed by atoms with Gasteiger partial charge in [-0.3, -0.25) is 0 Å². The Bertz CT molecular complexity index is 423. The summed E-state index contributed by atoms with van der Waals surface area (Å²) < 4.78 is 0.689. The van der Waals surface area contributed by atoms with Gasteiger partial charge in [-0.1, -0.05) is 0 Å². The summed E-state index contributed by atoms with van der Waals surface area (Å²) in [4.78, 5) is 0. The molecular formula is C25H47OSb. The molecule has 0 aliphatic rings. The third-order valence-electron chi connectivity index (χ3n) is 6.15. The van der Waals surface area contributed by atoms with Crippen LogP contribution in [0.1, 0.15) is 110 Å². The summed E-state index contributed by atoms with van der Waals surface area (Å²) in [6.45, 7) is 7.05. The molecule has 0 radical (unpaired) electrons. The number of benzene rings is 1. The van der Waals surface area contributed by atoms with E-state index >= 15 is 0 Å². The molecule has 1 atom stereocenters. The Balaban J connectivity index is 0.00000676. The van der Waals surface area contributed by atoms with Gasteiger partial charge >= 0.3 is 179 Å². The average molecular weight is 485 g/mol.